The number of hydrogen-bond donors (Lipinski definition) is 1. The average Bonchev–Trinajstić information content (AvgIpc) is 2.65. The van der Waals surface area contributed by atoms with Crippen LogP contribution in [0.25, 0.3) is 0 Å². The molecule has 0 bridgehead atoms. The lowest BCUT2D eigenvalue weighted by Crippen LogP contribution is -2.23. The second kappa shape index (κ2) is 9.81. The number of pyridine rings is 1. The van der Waals surface area contributed by atoms with E-state index in [0.29, 0.717) is 28.8 Å². The Morgan fingerprint density at radius 3 is 2.65 bits per heavy atom. The van der Waals surface area contributed by atoms with Crippen LogP contribution in [0.3, 0.4) is 0 Å². The van der Waals surface area contributed by atoms with Crippen LogP contribution in [0.15, 0.2) is 54.5 Å². The van der Waals surface area contributed by atoms with Crippen molar-refractivity contribution in [2.24, 2.45) is 0 Å². The molecular formula is C19H18Cl2N4O. The van der Waals surface area contributed by atoms with E-state index in [-0.39, 0.29) is 5.57 Å². The summed E-state index contributed by atoms with van der Waals surface area (Å²) in [6, 6.07) is 10.6. The van der Waals surface area contributed by atoms with Gasteiger partial charge in [-0.05, 0) is 49.2 Å². The summed E-state index contributed by atoms with van der Waals surface area (Å²) in [6.07, 6.45) is 5.84. The van der Waals surface area contributed by atoms with Crippen LogP contribution < -0.4 is 5.32 Å². The first-order valence-corrected chi connectivity index (χ1v) is 8.80. The Morgan fingerprint density at radius 2 is 2.04 bits per heavy atom. The average molecular weight is 389 g/mol. The zero-order chi connectivity index (χ0) is 18.9. The number of carbonyl (C=O) groups excluding carboxylic acids is 1. The maximum Gasteiger partial charge on any atom is 0.267 e. The van der Waals surface area contributed by atoms with E-state index < -0.39 is 5.91 Å². The van der Waals surface area contributed by atoms with Gasteiger partial charge in [0.1, 0.15) is 11.6 Å². The van der Waals surface area contributed by atoms with E-state index in [2.05, 4.69) is 10.3 Å². The molecule has 0 atom stereocenters. The molecule has 1 amide bonds. The van der Waals surface area contributed by atoms with E-state index in [9.17, 15) is 10.1 Å². The Labute approximate surface area is 162 Å². The van der Waals surface area contributed by atoms with Crippen molar-refractivity contribution in [2.75, 3.05) is 18.4 Å². The van der Waals surface area contributed by atoms with Gasteiger partial charge in [0.2, 0.25) is 0 Å². The van der Waals surface area contributed by atoms with Crippen molar-refractivity contribution in [2.45, 2.75) is 13.3 Å². The van der Waals surface area contributed by atoms with Gasteiger partial charge in [0.15, 0.2) is 0 Å². The summed E-state index contributed by atoms with van der Waals surface area (Å²) >= 11 is 11.9. The summed E-state index contributed by atoms with van der Waals surface area (Å²) in [4.78, 5) is 18.3. The molecule has 1 aromatic carbocycles. The molecule has 2 rings (SSSR count). The fourth-order valence-electron chi connectivity index (χ4n) is 2.24. The number of nitriles is 1. The number of halogens is 2. The molecule has 0 aliphatic carbocycles. The lowest BCUT2D eigenvalue weighted by molar-refractivity contribution is -0.112. The third-order valence-corrected chi connectivity index (χ3v) is 4.25. The Hall–Kier alpha value is -2.55. The first kappa shape index (κ1) is 19.8. The molecule has 1 N–H and O–H groups in total. The third-order valence-electron chi connectivity index (χ3n) is 3.70. The second-order valence-electron chi connectivity index (χ2n) is 5.47. The predicted molar refractivity (Wildman–Crippen MR) is 104 cm³/mol. The van der Waals surface area contributed by atoms with Crippen LogP contribution >= 0.6 is 23.2 Å². The van der Waals surface area contributed by atoms with Crippen molar-refractivity contribution in [3.05, 3.63) is 70.1 Å². The SMILES string of the molecule is CCN(/C=C(/C#N)C(=O)Nc1ccc(Cl)cc1Cl)CCc1ccncc1. The van der Waals surface area contributed by atoms with Gasteiger partial charge in [-0.3, -0.25) is 9.78 Å². The molecule has 0 aliphatic rings. The van der Waals surface area contributed by atoms with E-state index in [1.54, 1.807) is 30.7 Å². The monoisotopic (exact) mass is 388 g/mol. The summed E-state index contributed by atoms with van der Waals surface area (Å²) in [5.74, 6) is -0.515. The summed E-state index contributed by atoms with van der Waals surface area (Å²) in [7, 11) is 0. The fraction of sp³-hybridized carbons (Fsp3) is 0.211. The molecule has 7 heteroatoms. The van der Waals surface area contributed by atoms with Gasteiger partial charge >= 0.3 is 0 Å². The number of rotatable bonds is 7. The van der Waals surface area contributed by atoms with Gasteiger partial charge in [-0.2, -0.15) is 5.26 Å². The molecule has 0 aliphatic heterocycles. The largest absolute Gasteiger partial charge is 0.376 e. The third kappa shape index (κ3) is 5.76. The Bertz CT molecular complexity index is 831. The fourth-order valence-corrected chi connectivity index (χ4v) is 2.69. The lowest BCUT2D eigenvalue weighted by atomic mass is 10.2. The molecule has 0 radical (unpaired) electrons. The van der Waals surface area contributed by atoms with Gasteiger partial charge < -0.3 is 10.2 Å². The van der Waals surface area contributed by atoms with Crippen molar-refractivity contribution < 1.29 is 4.79 Å². The highest BCUT2D eigenvalue weighted by Crippen LogP contribution is 2.25. The van der Waals surface area contributed by atoms with Crippen LogP contribution in [0.4, 0.5) is 5.69 Å². The zero-order valence-corrected chi connectivity index (χ0v) is 15.8. The molecule has 1 heterocycles. The van der Waals surface area contributed by atoms with Crippen molar-refractivity contribution in [3.63, 3.8) is 0 Å². The highest BCUT2D eigenvalue weighted by atomic mass is 35.5. The van der Waals surface area contributed by atoms with Crippen LogP contribution in [-0.4, -0.2) is 28.9 Å². The van der Waals surface area contributed by atoms with E-state index >= 15 is 0 Å². The van der Waals surface area contributed by atoms with Gasteiger partial charge in [0, 0.05) is 36.7 Å². The molecule has 0 saturated heterocycles. The van der Waals surface area contributed by atoms with E-state index in [0.717, 1.165) is 12.0 Å². The molecule has 5 nitrogen and oxygen atoms in total. The summed E-state index contributed by atoms with van der Waals surface area (Å²) in [5.41, 5.74) is 1.55. The van der Waals surface area contributed by atoms with E-state index in [1.165, 1.54) is 6.07 Å². The van der Waals surface area contributed by atoms with Crippen LogP contribution in [0.2, 0.25) is 10.0 Å². The number of hydrogen-bond acceptors (Lipinski definition) is 4. The summed E-state index contributed by atoms with van der Waals surface area (Å²) in [6.45, 7) is 3.32. The molecule has 0 saturated carbocycles. The van der Waals surface area contributed by atoms with Crippen LogP contribution in [0.5, 0.6) is 0 Å². The number of amides is 1. The number of nitrogens with one attached hydrogen (secondary N) is 1. The van der Waals surface area contributed by atoms with Gasteiger partial charge in [0.25, 0.3) is 5.91 Å². The van der Waals surface area contributed by atoms with Crippen LogP contribution in [-0.2, 0) is 11.2 Å². The molecule has 0 unspecified atom stereocenters. The Kier molecular flexibility index (Phi) is 7.46. The van der Waals surface area contributed by atoms with Crippen molar-refractivity contribution in [1.29, 1.82) is 5.26 Å². The smallest absolute Gasteiger partial charge is 0.267 e. The van der Waals surface area contributed by atoms with Gasteiger partial charge in [-0.1, -0.05) is 23.2 Å². The minimum Gasteiger partial charge on any atom is -0.376 e. The lowest BCUT2D eigenvalue weighted by Gasteiger charge is -2.19. The summed E-state index contributed by atoms with van der Waals surface area (Å²) in [5, 5.41) is 12.8. The van der Waals surface area contributed by atoms with Crippen LogP contribution in [0.1, 0.15) is 12.5 Å². The highest BCUT2D eigenvalue weighted by Gasteiger charge is 2.13. The number of anilines is 1. The maximum absolute atomic E-state index is 12.4. The topological polar surface area (TPSA) is 69.0 Å². The Morgan fingerprint density at radius 1 is 1.31 bits per heavy atom. The zero-order valence-electron chi connectivity index (χ0n) is 14.2. The first-order chi connectivity index (χ1) is 12.5. The van der Waals surface area contributed by atoms with E-state index in [4.69, 9.17) is 23.2 Å². The van der Waals surface area contributed by atoms with Crippen molar-refractivity contribution >= 4 is 34.8 Å². The quantitative estimate of drug-likeness (QED) is 0.566. The number of aromatic nitrogens is 1. The highest BCUT2D eigenvalue weighted by molar-refractivity contribution is 6.36. The molecule has 0 spiro atoms. The first-order valence-electron chi connectivity index (χ1n) is 8.04. The summed E-state index contributed by atoms with van der Waals surface area (Å²) < 4.78 is 0. The van der Waals surface area contributed by atoms with Crippen molar-refractivity contribution in [3.8, 4) is 6.07 Å². The molecule has 0 fully saturated rings. The molecular weight excluding hydrogens is 371 g/mol. The minimum absolute atomic E-state index is 0.00703. The van der Waals surface area contributed by atoms with Gasteiger partial charge in [0.05, 0.1) is 10.7 Å². The molecule has 26 heavy (non-hydrogen) atoms. The van der Waals surface area contributed by atoms with Gasteiger partial charge in [-0.15, -0.1) is 0 Å². The molecule has 2 aromatic rings. The van der Waals surface area contributed by atoms with Gasteiger partial charge in [-0.25, -0.2) is 0 Å². The minimum atomic E-state index is -0.515. The number of benzene rings is 1. The maximum atomic E-state index is 12.4. The molecule has 1 aromatic heterocycles. The molecule has 134 valence electrons. The van der Waals surface area contributed by atoms with E-state index in [1.807, 2.05) is 30.0 Å². The Balaban J connectivity index is 2.06. The second-order valence-corrected chi connectivity index (χ2v) is 6.31. The van der Waals surface area contributed by atoms with Crippen molar-refractivity contribution in [1.82, 2.24) is 9.88 Å². The number of likely N-dealkylation sites (N-methyl/N-ethyl adjacent to an activating group) is 1. The van der Waals surface area contributed by atoms with Crippen LogP contribution in [0, 0.1) is 11.3 Å². The standard InChI is InChI=1S/C19H18Cl2N4O/c1-2-25(10-7-14-5-8-23-9-6-14)13-15(12-22)19(26)24-18-4-3-16(20)11-17(18)21/h3-6,8-9,11,13H,2,7,10H2,1H3,(H,24,26)/b15-13-. The predicted octanol–water partition coefficient (Wildman–Crippen LogP) is 4.30. The number of nitrogens with zero attached hydrogens (tertiary/aromatic N) is 3. The number of carbonyl (C=O) groups is 1. The normalized spacial score (nSPS) is 10.9.